The van der Waals surface area contributed by atoms with Crippen molar-refractivity contribution in [1.82, 2.24) is 24.3 Å². The minimum absolute atomic E-state index is 0.0147. The number of aryl methyl sites for hydroxylation is 1. The largest absolute Gasteiger partial charge is 0.330 e. The summed E-state index contributed by atoms with van der Waals surface area (Å²) in [7, 11) is 1.91. The predicted octanol–water partition coefficient (Wildman–Crippen LogP) is 5.43. The Balaban J connectivity index is 1.48. The highest BCUT2D eigenvalue weighted by molar-refractivity contribution is 6.00. The van der Waals surface area contributed by atoms with Crippen molar-refractivity contribution in [3.05, 3.63) is 66.5 Å². The molecule has 2 aromatic carbocycles. The molecule has 1 aliphatic carbocycles. The number of nitrogens with two attached hydrogens (primary N) is 1. The van der Waals surface area contributed by atoms with Crippen LogP contribution in [0.5, 0.6) is 0 Å². The fraction of sp³-hybridized carbons (Fsp3) is 0.310. The molecule has 0 radical (unpaired) electrons. The maximum Gasteiger partial charge on any atom is 0.141 e. The standard InChI is InChI=1S/C29H28FN7/c1-36-25-9-8-21(10-23(25)14-35-36)28-27(20-6-7-22(13-32)24(30)11-20)29-26(15-33-28)37(17-34-29)16-19-4-2-18(12-31)3-5-19/h6-11,14-15,17-19H,2-5,12,16,31H2,1H3. The van der Waals surface area contributed by atoms with Crippen LogP contribution in [0.15, 0.2) is 55.1 Å². The molecule has 7 nitrogen and oxygen atoms in total. The molecule has 1 fully saturated rings. The van der Waals surface area contributed by atoms with E-state index in [0.717, 1.165) is 64.7 Å². The van der Waals surface area contributed by atoms with Crippen LogP contribution in [0, 0.1) is 29.0 Å². The number of fused-ring (bicyclic) bond motifs is 2. The van der Waals surface area contributed by atoms with Crippen molar-refractivity contribution < 1.29 is 4.39 Å². The second kappa shape index (κ2) is 9.41. The monoisotopic (exact) mass is 493 g/mol. The minimum Gasteiger partial charge on any atom is -0.330 e. The fourth-order valence-electron chi connectivity index (χ4n) is 5.66. The number of pyridine rings is 1. The summed E-state index contributed by atoms with van der Waals surface area (Å²) in [5, 5.41) is 14.6. The molecule has 8 heteroatoms. The number of hydrogen-bond donors (Lipinski definition) is 1. The third kappa shape index (κ3) is 4.15. The summed E-state index contributed by atoms with van der Waals surface area (Å²) in [6, 6.07) is 12.7. The smallest absolute Gasteiger partial charge is 0.141 e. The number of halogens is 1. The highest BCUT2D eigenvalue weighted by atomic mass is 19.1. The Labute approximate surface area is 214 Å². The SMILES string of the molecule is Cn1ncc2cc(-c3ncc4c(ncn4CC4CCC(CN)CC4)c3-c3ccc(C#N)c(F)c3)ccc21. The fourth-order valence-corrected chi connectivity index (χ4v) is 5.66. The summed E-state index contributed by atoms with van der Waals surface area (Å²) in [5.41, 5.74) is 11.6. The average Bonchev–Trinajstić information content (AvgIpc) is 3.51. The maximum atomic E-state index is 14.8. The lowest BCUT2D eigenvalue weighted by Gasteiger charge is -2.27. The summed E-state index contributed by atoms with van der Waals surface area (Å²) >= 11 is 0. The summed E-state index contributed by atoms with van der Waals surface area (Å²) in [6.07, 6.45) is 10.2. The number of hydrogen-bond acceptors (Lipinski definition) is 5. The first kappa shape index (κ1) is 23.3. The van der Waals surface area contributed by atoms with E-state index in [9.17, 15) is 9.65 Å². The predicted molar refractivity (Wildman–Crippen MR) is 142 cm³/mol. The molecule has 0 unspecified atom stereocenters. The number of imidazole rings is 1. The molecule has 6 rings (SSSR count). The van der Waals surface area contributed by atoms with Gasteiger partial charge in [0.2, 0.25) is 0 Å². The Bertz CT molecular complexity index is 1650. The second-order valence-electron chi connectivity index (χ2n) is 10.1. The Morgan fingerprint density at radius 2 is 1.78 bits per heavy atom. The van der Waals surface area contributed by atoms with Gasteiger partial charge in [0.25, 0.3) is 0 Å². The first-order valence-electron chi connectivity index (χ1n) is 12.7. The van der Waals surface area contributed by atoms with Crippen LogP contribution in [0.25, 0.3) is 44.3 Å². The number of nitrogens with zero attached hydrogens (tertiary/aromatic N) is 6. The van der Waals surface area contributed by atoms with E-state index in [0.29, 0.717) is 17.4 Å². The number of benzene rings is 2. The van der Waals surface area contributed by atoms with Gasteiger partial charge in [-0.1, -0.05) is 12.1 Å². The average molecular weight is 494 g/mol. The third-order valence-electron chi connectivity index (χ3n) is 7.82. The van der Waals surface area contributed by atoms with Gasteiger partial charge in [0, 0.05) is 30.1 Å². The van der Waals surface area contributed by atoms with E-state index in [1.165, 1.54) is 25.0 Å². The van der Waals surface area contributed by atoms with E-state index in [1.807, 2.05) is 54.7 Å². The summed E-state index contributed by atoms with van der Waals surface area (Å²) in [6.45, 7) is 1.64. The summed E-state index contributed by atoms with van der Waals surface area (Å²) in [4.78, 5) is 9.71. The molecular formula is C29H28FN7. The van der Waals surface area contributed by atoms with Crippen molar-refractivity contribution in [2.75, 3.05) is 6.54 Å². The van der Waals surface area contributed by atoms with E-state index >= 15 is 0 Å². The number of aromatic nitrogens is 5. The third-order valence-corrected chi connectivity index (χ3v) is 7.82. The van der Waals surface area contributed by atoms with Crippen LogP contribution in [0.3, 0.4) is 0 Å². The van der Waals surface area contributed by atoms with E-state index in [4.69, 9.17) is 15.7 Å². The van der Waals surface area contributed by atoms with Crippen molar-refractivity contribution >= 4 is 21.9 Å². The van der Waals surface area contributed by atoms with Gasteiger partial charge in [-0.3, -0.25) is 9.67 Å². The van der Waals surface area contributed by atoms with Gasteiger partial charge < -0.3 is 10.3 Å². The van der Waals surface area contributed by atoms with Crippen LogP contribution in [-0.4, -0.2) is 30.9 Å². The van der Waals surface area contributed by atoms with E-state index in [2.05, 4.69) is 9.67 Å². The van der Waals surface area contributed by atoms with Gasteiger partial charge in [0.15, 0.2) is 0 Å². The van der Waals surface area contributed by atoms with Crippen molar-refractivity contribution in [1.29, 1.82) is 5.26 Å². The molecule has 5 aromatic rings. The molecule has 0 saturated heterocycles. The maximum absolute atomic E-state index is 14.8. The highest BCUT2D eigenvalue weighted by Gasteiger charge is 2.23. The minimum atomic E-state index is -0.554. The molecule has 0 atom stereocenters. The molecule has 3 heterocycles. The van der Waals surface area contributed by atoms with Gasteiger partial charge in [-0.15, -0.1) is 0 Å². The van der Waals surface area contributed by atoms with Gasteiger partial charge in [-0.05, 0) is 73.9 Å². The van der Waals surface area contributed by atoms with Crippen molar-refractivity contribution in [2.24, 2.45) is 24.6 Å². The lowest BCUT2D eigenvalue weighted by Crippen LogP contribution is -2.23. The summed E-state index contributed by atoms with van der Waals surface area (Å²) in [5.74, 6) is 0.653. The van der Waals surface area contributed by atoms with Crippen LogP contribution < -0.4 is 5.73 Å². The Morgan fingerprint density at radius 3 is 2.54 bits per heavy atom. The number of rotatable bonds is 5. The van der Waals surface area contributed by atoms with Gasteiger partial charge in [0.05, 0.1) is 41.0 Å². The van der Waals surface area contributed by atoms with E-state index in [-0.39, 0.29) is 5.56 Å². The molecule has 3 aromatic heterocycles. The van der Waals surface area contributed by atoms with Crippen molar-refractivity contribution in [3.63, 3.8) is 0 Å². The van der Waals surface area contributed by atoms with Crippen LogP contribution in [0.4, 0.5) is 4.39 Å². The Hall–Kier alpha value is -4.09. The second-order valence-corrected chi connectivity index (χ2v) is 10.1. The quantitative estimate of drug-likeness (QED) is 0.352. The van der Waals surface area contributed by atoms with Crippen molar-refractivity contribution in [3.8, 4) is 28.5 Å². The molecule has 2 N–H and O–H groups in total. The van der Waals surface area contributed by atoms with Crippen molar-refractivity contribution in [2.45, 2.75) is 32.2 Å². The van der Waals surface area contributed by atoms with Crippen LogP contribution in [0.1, 0.15) is 31.2 Å². The number of nitriles is 1. The van der Waals surface area contributed by atoms with Gasteiger partial charge in [0.1, 0.15) is 17.4 Å². The molecule has 0 bridgehead atoms. The first-order chi connectivity index (χ1) is 18.1. The molecule has 186 valence electrons. The van der Waals surface area contributed by atoms with Crippen LogP contribution >= 0.6 is 0 Å². The zero-order valence-corrected chi connectivity index (χ0v) is 20.7. The molecule has 37 heavy (non-hydrogen) atoms. The van der Waals surface area contributed by atoms with Gasteiger partial charge >= 0.3 is 0 Å². The van der Waals surface area contributed by atoms with Gasteiger partial charge in [-0.25, -0.2) is 9.37 Å². The summed E-state index contributed by atoms with van der Waals surface area (Å²) < 4.78 is 18.8. The van der Waals surface area contributed by atoms with Crippen LogP contribution in [-0.2, 0) is 13.6 Å². The zero-order valence-electron chi connectivity index (χ0n) is 20.7. The zero-order chi connectivity index (χ0) is 25.5. The highest BCUT2D eigenvalue weighted by Crippen LogP contribution is 2.38. The molecular weight excluding hydrogens is 465 g/mol. The topological polar surface area (TPSA) is 98.3 Å². The lowest BCUT2D eigenvalue weighted by molar-refractivity contribution is 0.258. The molecule has 1 aliphatic rings. The van der Waals surface area contributed by atoms with E-state index < -0.39 is 5.82 Å². The normalized spacial score (nSPS) is 17.9. The Morgan fingerprint density at radius 1 is 1.00 bits per heavy atom. The first-order valence-corrected chi connectivity index (χ1v) is 12.7. The van der Waals surface area contributed by atoms with E-state index in [1.54, 1.807) is 6.07 Å². The molecule has 0 spiro atoms. The Kier molecular flexibility index (Phi) is 5.93. The lowest BCUT2D eigenvalue weighted by atomic mass is 9.82. The van der Waals surface area contributed by atoms with Gasteiger partial charge in [-0.2, -0.15) is 10.4 Å². The molecule has 0 aliphatic heterocycles. The van der Waals surface area contributed by atoms with Crippen LogP contribution in [0.2, 0.25) is 0 Å². The molecule has 0 amide bonds. The molecule has 1 saturated carbocycles.